The first-order valence-electron chi connectivity index (χ1n) is 6.27. The summed E-state index contributed by atoms with van der Waals surface area (Å²) in [6.07, 6.45) is 2.15. The average Bonchev–Trinajstić information content (AvgIpc) is 3.16. The second-order valence-corrected chi connectivity index (χ2v) is 4.81. The van der Waals surface area contributed by atoms with Crippen LogP contribution < -0.4 is 5.73 Å². The van der Waals surface area contributed by atoms with Crippen molar-refractivity contribution in [2.24, 2.45) is 5.73 Å². The summed E-state index contributed by atoms with van der Waals surface area (Å²) >= 11 is 0. The summed E-state index contributed by atoms with van der Waals surface area (Å²) in [6, 6.07) is -0.746. The molecule has 0 bridgehead atoms. The summed E-state index contributed by atoms with van der Waals surface area (Å²) in [5.41, 5.74) is 5.28. The highest BCUT2D eigenvalue weighted by Crippen LogP contribution is 2.37. The van der Waals surface area contributed by atoms with E-state index < -0.39 is 11.9 Å². The maximum atomic E-state index is 12.3. The van der Waals surface area contributed by atoms with Gasteiger partial charge in [-0.15, -0.1) is 5.10 Å². The zero-order valence-electron chi connectivity index (χ0n) is 10.3. The number of morpholine rings is 1. The number of primary amides is 1. The summed E-state index contributed by atoms with van der Waals surface area (Å²) in [4.78, 5) is 29.2. The summed E-state index contributed by atoms with van der Waals surface area (Å²) in [5, 5.41) is 6.70. The van der Waals surface area contributed by atoms with Crippen LogP contribution in [0.5, 0.6) is 0 Å². The fourth-order valence-electron chi connectivity index (χ4n) is 2.12. The molecule has 1 aromatic heterocycles. The molecular weight excluding hydrogens is 250 g/mol. The average molecular weight is 265 g/mol. The molecule has 102 valence electrons. The molecular formula is C11H15N5O3. The van der Waals surface area contributed by atoms with E-state index in [0.29, 0.717) is 19.1 Å². The Balaban J connectivity index is 1.78. The first-order chi connectivity index (χ1) is 9.16. The van der Waals surface area contributed by atoms with E-state index in [2.05, 4.69) is 15.2 Å². The Morgan fingerprint density at radius 3 is 2.89 bits per heavy atom. The van der Waals surface area contributed by atoms with Crippen LogP contribution in [-0.4, -0.2) is 57.7 Å². The van der Waals surface area contributed by atoms with Crippen LogP contribution in [0.1, 0.15) is 35.2 Å². The Bertz CT molecular complexity index is 510. The Kier molecular flexibility index (Phi) is 2.94. The number of carbonyl (C=O) groups is 2. The molecule has 1 saturated heterocycles. The number of H-pyrrole nitrogens is 1. The molecule has 8 nitrogen and oxygen atoms in total. The number of nitrogens with zero attached hydrogens (tertiary/aromatic N) is 3. The van der Waals surface area contributed by atoms with Gasteiger partial charge in [0.1, 0.15) is 11.9 Å². The van der Waals surface area contributed by atoms with Crippen molar-refractivity contribution in [1.82, 2.24) is 20.1 Å². The summed E-state index contributed by atoms with van der Waals surface area (Å²) in [5.74, 6) is 0.272. The Morgan fingerprint density at radius 2 is 2.21 bits per heavy atom. The van der Waals surface area contributed by atoms with Gasteiger partial charge in [-0.3, -0.25) is 14.7 Å². The Morgan fingerprint density at radius 1 is 1.42 bits per heavy atom. The van der Waals surface area contributed by atoms with E-state index in [-0.39, 0.29) is 18.3 Å². The highest BCUT2D eigenvalue weighted by molar-refractivity contribution is 5.94. The lowest BCUT2D eigenvalue weighted by Crippen LogP contribution is -2.54. The molecule has 1 aromatic rings. The van der Waals surface area contributed by atoms with Crippen molar-refractivity contribution < 1.29 is 14.3 Å². The highest BCUT2D eigenvalue weighted by atomic mass is 16.5. The lowest BCUT2D eigenvalue weighted by molar-refractivity contribution is -0.127. The maximum absolute atomic E-state index is 12.3. The van der Waals surface area contributed by atoms with E-state index >= 15 is 0 Å². The monoisotopic (exact) mass is 265 g/mol. The van der Waals surface area contributed by atoms with Crippen molar-refractivity contribution in [1.29, 1.82) is 0 Å². The fourth-order valence-corrected chi connectivity index (χ4v) is 2.12. The number of hydrogen-bond acceptors (Lipinski definition) is 5. The lowest BCUT2D eigenvalue weighted by Gasteiger charge is -2.32. The smallest absolute Gasteiger partial charge is 0.294 e. The van der Waals surface area contributed by atoms with Crippen molar-refractivity contribution in [2.75, 3.05) is 19.8 Å². The van der Waals surface area contributed by atoms with Gasteiger partial charge < -0.3 is 15.4 Å². The van der Waals surface area contributed by atoms with Crippen molar-refractivity contribution in [3.63, 3.8) is 0 Å². The van der Waals surface area contributed by atoms with E-state index in [1.54, 1.807) is 0 Å². The fraction of sp³-hybridized carbons (Fsp3) is 0.636. The molecule has 2 fully saturated rings. The molecule has 2 aliphatic rings. The third-order valence-corrected chi connectivity index (χ3v) is 3.38. The Labute approximate surface area is 109 Å². The predicted molar refractivity (Wildman–Crippen MR) is 63.2 cm³/mol. The number of aromatic amines is 1. The second-order valence-electron chi connectivity index (χ2n) is 4.81. The summed E-state index contributed by atoms with van der Waals surface area (Å²) in [7, 11) is 0. The molecule has 1 unspecified atom stereocenters. The van der Waals surface area contributed by atoms with Gasteiger partial charge in [-0.2, -0.15) is 0 Å². The summed E-state index contributed by atoms with van der Waals surface area (Å²) in [6.45, 7) is 0.830. The van der Waals surface area contributed by atoms with Crippen LogP contribution in [0, 0.1) is 0 Å². The number of aromatic nitrogens is 3. The van der Waals surface area contributed by atoms with Crippen LogP contribution in [0.25, 0.3) is 0 Å². The zero-order chi connectivity index (χ0) is 13.4. The van der Waals surface area contributed by atoms with Gasteiger partial charge in [-0.25, -0.2) is 4.98 Å². The van der Waals surface area contributed by atoms with Gasteiger partial charge in [0.15, 0.2) is 0 Å². The number of nitrogens with two attached hydrogens (primary N) is 1. The molecule has 3 N–H and O–H groups in total. The minimum absolute atomic E-state index is 0.0926. The molecule has 1 atom stereocenters. The van der Waals surface area contributed by atoms with Crippen molar-refractivity contribution in [2.45, 2.75) is 24.8 Å². The first kappa shape index (κ1) is 12.1. The van der Waals surface area contributed by atoms with Gasteiger partial charge in [-0.1, -0.05) is 0 Å². The van der Waals surface area contributed by atoms with Gasteiger partial charge in [0.05, 0.1) is 13.2 Å². The highest BCUT2D eigenvalue weighted by Gasteiger charge is 2.35. The number of ether oxygens (including phenoxy) is 1. The first-order valence-corrected chi connectivity index (χ1v) is 6.27. The van der Waals surface area contributed by atoms with Crippen LogP contribution in [0.2, 0.25) is 0 Å². The standard InChI is InChI=1S/C11H15N5O3/c12-8(17)7-5-19-4-3-16(7)11(18)10-13-9(14-15-10)6-1-2-6/h6-7H,1-5H2,(H2,12,17)(H,13,14,15). The normalized spacial score (nSPS) is 23.4. The molecule has 2 heterocycles. The Hall–Kier alpha value is -1.96. The molecule has 1 saturated carbocycles. The van der Waals surface area contributed by atoms with Gasteiger partial charge in [0.25, 0.3) is 5.91 Å². The maximum Gasteiger partial charge on any atom is 0.294 e. The number of hydrogen-bond donors (Lipinski definition) is 2. The lowest BCUT2D eigenvalue weighted by atomic mass is 10.2. The summed E-state index contributed by atoms with van der Waals surface area (Å²) < 4.78 is 5.17. The van der Waals surface area contributed by atoms with Gasteiger partial charge in [-0.05, 0) is 12.8 Å². The number of amides is 2. The van der Waals surface area contributed by atoms with Gasteiger partial charge in [0.2, 0.25) is 11.7 Å². The largest absolute Gasteiger partial charge is 0.377 e. The van der Waals surface area contributed by atoms with Crippen LogP contribution in [0.15, 0.2) is 0 Å². The topological polar surface area (TPSA) is 114 Å². The van der Waals surface area contributed by atoms with E-state index in [9.17, 15) is 9.59 Å². The van der Waals surface area contributed by atoms with E-state index in [4.69, 9.17) is 10.5 Å². The molecule has 0 radical (unpaired) electrons. The SMILES string of the molecule is NC(=O)C1COCCN1C(=O)c1n[nH]c(C2CC2)n1. The van der Waals surface area contributed by atoms with Gasteiger partial charge >= 0.3 is 0 Å². The van der Waals surface area contributed by atoms with Crippen LogP contribution in [-0.2, 0) is 9.53 Å². The predicted octanol–water partition coefficient (Wildman–Crippen LogP) is -0.992. The molecule has 0 aromatic carbocycles. The van der Waals surface area contributed by atoms with Crippen LogP contribution in [0.4, 0.5) is 0 Å². The van der Waals surface area contributed by atoms with E-state index in [0.717, 1.165) is 18.7 Å². The quantitative estimate of drug-likeness (QED) is 0.728. The number of carbonyl (C=O) groups excluding carboxylic acids is 2. The van der Waals surface area contributed by atoms with Crippen molar-refractivity contribution in [3.8, 4) is 0 Å². The van der Waals surface area contributed by atoms with Crippen molar-refractivity contribution in [3.05, 3.63) is 11.6 Å². The van der Waals surface area contributed by atoms with E-state index in [1.165, 1.54) is 4.90 Å². The zero-order valence-corrected chi connectivity index (χ0v) is 10.3. The molecule has 1 aliphatic carbocycles. The van der Waals surface area contributed by atoms with Gasteiger partial charge in [0, 0.05) is 12.5 Å². The minimum Gasteiger partial charge on any atom is -0.377 e. The molecule has 8 heteroatoms. The number of nitrogens with one attached hydrogen (secondary N) is 1. The molecule has 3 rings (SSSR count). The molecule has 1 aliphatic heterocycles. The third kappa shape index (κ3) is 2.30. The van der Waals surface area contributed by atoms with E-state index in [1.807, 2.05) is 0 Å². The minimum atomic E-state index is -0.746. The van der Waals surface area contributed by atoms with Crippen LogP contribution >= 0.6 is 0 Å². The van der Waals surface area contributed by atoms with Crippen molar-refractivity contribution >= 4 is 11.8 Å². The second kappa shape index (κ2) is 4.61. The molecule has 19 heavy (non-hydrogen) atoms. The number of rotatable bonds is 3. The third-order valence-electron chi connectivity index (χ3n) is 3.38. The molecule has 2 amide bonds. The molecule has 0 spiro atoms. The van der Waals surface area contributed by atoms with Crippen LogP contribution in [0.3, 0.4) is 0 Å².